The van der Waals surface area contributed by atoms with Crippen molar-refractivity contribution in [1.29, 1.82) is 0 Å². The van der Waals surface area contributed by atoms with Crippen LogP contribution in [-0.4, -0.2) is 24.7 Å². The summed E-state index contributed by atoms with van der Waals surface area (Å²) in [6.45, 7) is 1.94. The van der Waals surface area contributed by atoms with Gasteiger partial charge in [0.05, 0.1) is 4.99 Å². The van der Waals surface area contributed by atoms with Gasteiger partial charge in [-0.15, -0.1) is 0 Å². The van der Waals surface area contributed by atoms with Crippen molar-refractivity contribution in [3.63, 3.8) is 0 Å². The summed E-state index contributed by atoms with van der Waals surface area (Å²) in [4.78, 5) is 0.519. The van der Waals surface area contributed by atoms with Crippen LogP contribution in [-0.2, 0) is 0 Å². The van der Waals surface area contributed by atoms with Gasteiger partial charge in [-0.2, -0.15) is 0 Å². The van der Waals surface area contributed by atoms with Gasteiger partial charge in [-0.25, -0.2) is 0 Å². The van der Waals surface area contributed by atoms with Crippen molar-refractivity contribution in [3.05, 3.63) is 18.2 Å². The van der Waals surface area contributed by atoms with E-state index in [9.17, 15) is 0 Å². The summed E-state index contributed by atoms with van der Waals surface area (Å²) < 4.78 is 10.9. The Bertz CT molecular complexity index is 396. The molecule has 0 radical (unpaired) electrons. The highest BCUT2D eigenvalue weighted by Gasteiger charge is 2.11. The molecule has 3 N–H and O–H groups in total. The van der Waals surface area contributed by atoms with E-state index in [1.807, 2.05) is 18.2 Å². The average molecular weight is 238 g/mol. The molecule has 0 aromatic heterocycles. The monoisotopic (exact) mass is 238 g/mol. The second kappa shape index (κ2) is 5.03. The number of anilines is 1. The van der Waals surface area contributed by atoms with Gasteiger partial charge in [0.2, 0.25) is 0 Å². The summed E-state index contributed by atoms with van der Waals surface area (Å²) in [5.74, 6) is 1.58. The first kappa shape index (κ1) is 11.0. The number of thiocarbonyl (C=S) groups is 1. The molecule has 0 spiro atoms. The molecule has 0 saturated heterocycles. The van der Waals surface area contributed by atoms with E-state index in [1.165, 1.54) is 0 Å². The summed E-state index contributed by atoms with van der Waals surface area (Å²) in [6.07, 6.45) is 0.684. The standard InChI is InChI=1S/C11H14N2O2S/c12-11(16)3-4-13-8-1-2-9-10(7-8)15-6-5-14-9/h1-2,7,13H,3-6H2,(H2,12,16). The molecule has 0 unspecified atom stereocenters. The summed E-state index contributed by atoms with van der Waals surface area (Å²) in [6, 6.07) is 5.78. The molecule has 1 aromatic carbocycles. The number of benzene rings is 1. The van der Waals surface area contributed by atoms with Crippen LogP contribution in [0.1, 0.15) is 6.42 Å². The largest absolute Gasteiger partial charge is 0.486 e. The van der Waals surface area contributed by atoms with Crippen LogP contribution in [0.2, 0.25) is 0 Å². The molecule has 4 nitrogen and oxygen atoms in total. The van der Waals surface area contributed by atoms with Gasteiger partial charge in [0.25, 0.3) is 0 Å². The Balaban J connectivity index is 1.97. The maximum Gasteiger partial charge on any atom is 0.163 e. The van der Waals surface area contributed by atoms with Crippen LogP contribution in [0.4, 0.5) is 5.69 Å². The molecule has 0 fully saturated rings. The Morgan fingerprint density at radius 1 is 1.31 bits per heavy atom. The first-order valence-corrected chi connectivity index (χ1v) is 5.58. The van der Waals surface area contributed by atoms with Gasteiger partial charge < -0.3 is 20.5 Å². The Labute approximate surface area is 99.7 Å². The summed E-state index contributed by atoms with van der Waals surface area (Å²) >= 11 is 4.80. The van der Waals surface area contributed by atoms with Crippen molar-refractivity contribution in [1.82, 2.24) is 0 Å². The zero-order valence-electron chi connectivity index (χ0n) is 8.86. The Kier molecular flexibility index (Phi) is 3.46. The van der Waals surface area contributed by atoms with Gasteiger partial charge in [-0.05, 0) is 12.1 Å². The number of nitrogens with one attached hydrogen (secondary N) is 1. The molecule has 0 saturated carbocycles. The number of ether oxygens (including phenoxy) is 2. The van der Waals surface area contributed by atoms with Gasteiger partial charge in [0.15, 0.2) is 11.5 Å². The lowest BCUT2D eigenvalue weighted by Gasteiger charge is -2.19. The summed E-state index contributed by atoms with van der Waals surface area (Å²) in [5.41, 5.74) is 6.40. The number of hydrogen-bond acceptors (Lipinski definition) is 4. The van der Waals surface area contributed by atoms with Gasteiger partial charge in [-0.1, -0.05) is 12.2 Å². The SMILES string of the molecule is NC(=S)CCNc1ccc2c(c1)OCCO2. The molecular weight excluding hydrogens is 224 g/mol. The fourth-order valence-electron chi connectivity index (χ4n) is 1.48. The van der Waals surface area contributed by atoms with E-state index in [-0.39, 0.29) is 0 Å². The molecule has 0 amide bonds. The molecule has 0 atom stereocenters. The highest BCUT2D eigenvalue weighted by molar-refractivity contribution is 7.80. The van der Waals surface area contributed by atoms with Crippen molar-refractivity contribution in [2.24, 2.45) is 5.73 Å². The zero-order chi connectivity index (χ0) is 11.4. The molecule has 1 aromatic rings. The minimum absolute atomic E-state index is 0.519. The summed E-state index contributed by atoms with van der Waals surface area (Å²) in [5, 5.41) is 3.22. The quantitative estimate of drug-likeness (QED) is 0.779. The lowest BCUT2D eigenvalue weighted by atomic mass is 10.2. The fourth-order valence-corrected chi connectivity index (χ4v) is 1.59. The number of nitrogens with two attached hydrogens (primary N) is 1. The molecule has 1 heterocycles. The summed E-state index contributed by atoms with van der Waals surface area (Å²) in [7, 11) is 0. The van der Waals surface area contributed by atoms with Crippen LogP contribution >= 0.6 is 12.2 Å². The molecule has 16 heavy (non-hydrogen) atoms. The molecule has 2 rings (SSSR count). The van der Waals surface area contributed by atoms with Gasteiger partial charge in [0.1, 0.15) is 13.2 Å². The minimum atomic E-state index is 0.519. The molecule has 5 heteroatoms. The Morgan fingerprint density at radius 2 is 2.06 bits per heavy atom. The predicted molar refractivity (Wildman–Crippen MR) is 67.3 cm³/mol. The highest BCUT2D eigenvalue weighted by Crippen LogP contribution is 2.32. The van der Waals surface area contributed by atoms with Crippen molar-refractivity contribution >= 4 is 22.9 Å². The van der Waals surface area contributed by atoms with Crippen LogP contribution in [0.15, 0.2) is 18.2 Å². The zero-order valence-corrected chi connectivity index (χ0v) is 9.68. The topological polar surface area (TPSA) is 56.5 Å². The number of rotatable bonds is 4. The van der Waals surface area contributed by atoms with Crippen LogP contribution < -0.4 is 20.5 Å². The third-order valence-electron chi connectivity index (χ3n) is 2.24. The number of fused-ring (bicyclic) bond motifs is 1. The van der Waals surface area contributed by atoms with Crippen LogP contribution in [0.3, 0.4) is 0 Å². The minimum Gasteiger partial charge on any atom is -0.486 e. The average Bonchev–Trinajstić information content (AvgIpc) is 2.28. The molecule has 0 bridgehead atoms. The van der Waals surface area contributed by atoms with Crippen LogP contribution in [0.25, 0.3) is 0 Å². The van der Waals surface area contributed by atoms with Crippen molar-refractivity contribution in [3.8, 4) is 11.5 Å². The number of hydrogen-bond donors (Lipinski definition) is 2. The molecule has 86 valence electrons. The van der Waals surface area contributed by atoms with Crippen LogP contribution in [0, 0.1) is 0 Å². The van der Waals surface area contributed by atoms with Crippen molar-refractivity contribution in [2.75, 3.05) is 25.1 Å². The smallest absolute Gasteiger partial charge is 0.163 e. The van der Waals surface area contributed by atoms with E-state index in [1.54, 1.807) is 0 Å². The van der Waals surface area contributed by atoms with Crippen molar-refractivity contribution < 1.29 is 9.47 Å². The normalized spacial score (nSPS) is 13.2. The second-order valence-electron chi connectivity index (χ2n) is 3.50. The molecule has 0 aliphatic carbocycles. The van der Waals surface area contributed by atoms with E-state index in [4.69, 9.17) is 27.4 Å². The maximum absolute atomic E-state index is 5.48. The van der Waals surface area contributed by atoms with Gasteiger partial charge >= 0.3 is 0 Å². The van der Waals surface area contributed by atoms with Crippen LogP contribution in [0.5, 0.6) is 11.5 Å². The second-order valence-corrected chi connectivity index (χ2v) is 4.03. The third-order valence-corrected chi connectivity index (χ3v) is 2.45. The van der Waals surface area contributed by atoms with Gasteiger partial charge in [0, 0.05) is 24.7 Å². The first-order chi connectivity index (χ1) is 7.75. The predicted octanol–water partition coefficient (Wildman–Crippen LogP) is 1.55. The first-order valence-electron chi connectivity index (χ1n) is 5.17. The van der Waals surface area contributed by atoms with E-state index >= 15 is 0 Å². The Morgan fingerprint density at radius 3 is 2.81 bits per heavy atom. The maximum atomic E-state index is 5.48. The fraction of sp³-hybridized carbons (Fsp3) is 0.364. The lowest BCUT2D eigenvalue weighted by molar-refractivity contribution is 0.171. The van der Waals surface area contributed by atoms with Gasteiger partial charge in [-0.3, -0.25) is 0 Å². The lowest BCUT2D eigenvalue weighted by Crippen LogP contribution is -2.16. The molecule has 1 aliphatic heterocycles. The Hall–Kier alpha value is -1.49. The highest BCUT2D eigenvalue weighted by atomic mass is 32.1. The van der Waals surface area contributed by atoms with E-state index in [0.29, 0.717) is 24.6 Å². The molecular formula is C11H14N2O2S. The van der Waals surface area contributed by atoms with E-state index in [0.717, 1.165) is 23.7 Å². The van der Waals surface area contributed by atoms with E-state index in [2.05, 4.69) is 5.32 Å². The third kappa shape index (κ3) is 2.76. The van der Waals surface area contributed by atoms with E-state index < -0.39 is 0 Å². The molecule has 1 aliphatic rings. The van der Waals surface area contributed by atoms with Crippen molar-refractivity contribution in [2.45, 2.75) is 6.42 Å².